The van der Waals surface area contributed by atoms with Gasteiger partial charge >= 0.3 is 41.5 Å². The third kappa shape index (κ3) is 9.62. The molecule has 0 aromatic heterocycles. The van der Waals surface area contributed by atoms with Crippen LogP contribution in [0.15, 0.2) is 24.3 Å². The quantitative estimate of drug-likeness (QED) is 0.597. The molecule has 0 unspecified atom stereocenters. The van der Waals surface area contributed by atoms with E-state index in [2.05, 4.69) is 4.18 Å². The Morgan fingerprint density at radius 1 is 1.11 bits per heavy atom. The van der Waals surface area contributed by atoms with Gasteiger partial charge in [-0.15, -0.1) is 0 Å². The molecular formula is C10H13NaO7S. The van der Waals surface area contributed by atoms with Crippen LogP contribution in [0.3, 0.4) is 0 Å². The standard InChI is InChI=1S/C8H6O4.C2H6O3S.Na.H/c9-7(10)5-2-1-3-6(4-5)8(11)12;1-5-6(2,3)4;;/h1-4H,(H,9,10)(H,11,12);1-2H3;;. The van der Waals surface area contributed by atoms with Crippen molar-refractivity contribution in [2.45, 2.75) is 0 Å². The van der Waals surface area contributed by atoms with E-state index in [1.165, 1.54) is 18.2 Å². The van der Waals surface area contributed by atoms with Crippen molar-refractivity contribution in [2.24, 2.45) is 0 Å². The van der Waals surface area contributed by atoms with Gasteiger partial charge in [0, 0.05) is 0 Å². The molecule has 0 aliphatic carbocycles. The molecule has 0 radical (unpaired) electrons. The predicted octanol–water partition coefficient (Wildman–Crippen LogP) is 0.0269. The number of rotatable bonds is 3. The molecule has 0 fully saturated rings. The van der Waals surface area contributed by atoms with E-state index >= 15 is 0 Å². The summed E-state index contributed by atoms with van der Waals surface area (Å²) in [6.07, 6.45) is 0.993. The molecule has 19 heavy (non-hydrogen) atoms. The van der Waals surface area contributed by atoms with Gasteiger partial charge in [0.25, 0.3) is 10.1 Å². The fourth-order valence-electron chi connectivity index (χ4n) is 0.785. The molecule has 0 heterocycles. The summed E-state index contributed by atoms with van der Waals surface area (Å²) >= 11 is 0. The first-order chi connectivity index (χ1) is 8.17. The molecule has 0 bridgehead atoms. The zero-order valence-corrected chi connectivity index (χ0v) is 10.5. The van der Waals surface area contributed by atoms with Crippen molar-refractivity contribution >= 4 is 51.6 Å². The molecule has 0 aliphatic heterocycles. The number of benzene rings is 1. The molecule has 2 N–H and O–H groups in total. The van der Waals surface area contributed by atoms with Crippen LogP contribution in [-0.4, -0.2) is 73.5 Å². The van der Waals surface area contributed by atoms with Crippen molar-refractivity contribution < 1.29 is 32.4 Å². The van der Waals surface area contributed by atoms with Crippen molar-refractivity contribution in [1.29, 1.82) is 0 Å². The molecule has 0 amide bonds. The van der Waals surface area contributed by atoms with Crippen LogP contribution in [0.1, 0.15) is 20.7 Å². The van der Waals surface area contributed by atoms with Crippen molar-refractivity contribution in [3.05, 3.63) is 35.4 Å². The third-order valence-electron chi connectivity index (χ3n) is 1.66. The van der Waals surface area contributed by atoms with Gasteiger partial charge in [0.15, 0.2) is 0 Å². The van der Waals surface area contributed by atoms with Crippen molar-refractivity contribution in [1.82, 2.24) is 0 Å². The molecule has 1 rings (SSSR count). The molecule has 102 valence electrons. The average molecular weight is 300 g/mol. The summed E-state index contributed by atoms with van der Waals surface area (Å²) in [5.74, 6) is -2.25. The van der Waals surface area contributed by atoms with Gasteiger partial charge in [-0.3, -0.25) is 4.18 Å². The fraction of sp³-hybridized carbons (Fsp3) is 0.200. The van der Waals surface area contributed by atoms with E-state index in [4.69, 9.17) is 10.2 Å². The first-order valence-corrected chi connectivity index (χ1v) is 6.31. The summed E-state index contributed by atoms with van der Waals surface area (Å²) < 4.78 is 23.5. The van der Waals surface area contributed by atoms with Crippen LogP contribution in [0.4, 0.5) is 0 Å². The van der Waals surface area contributed by atoms with E-state index in [9.17, 15) is 18.0 Å². The molecule has 0 saturated heterocycles. The molecule has 0 saturated carbocycles. The van der Waals surface area contributed by atoms with Gasteiger partial charge in [-0.2, -0.15) is 8.42 Å². The molecule has 0 spiro atoms. The van der Waals surface area contributed by atoms with E-state index in [-0.39, 0.29) is 40.7 Å². The predicted molar refractivity (Wildman–Crippen MR) is 69.4 cm³/mol. The van der Waals surface area contributed by atoms with Crippen LogP contribution in [0.5, 0.6) is 0 Å². The summed E-state index contributed by atoms with van der Waals surface area (Å²) in [5, 5.41) is 17.0. The van der Waals surface area contributed by atoms with Gasteiger partial charge < -0.3 is 10.2 Å². The van der Waals surface area contributed by atoms with E-state index in [0.29, 0.717) is 0 Å². The number of carbonyl (C=O) groups is 2. The second-order valence-corrected chi connectivity index (χ2v) is 4.80. The normalized spacial score (nSPS) is 9.58. The Kier molecular flexibility index (Phi) is 9.71. The topological polar surface area (TPSA) is 118 Å². The molecule has 1 aromatic carbocycles. The van der Waals surface area contributed by atoms with E-state index in [1.807, 2.05) is 0 Å². The van der Waals surface area contributed by atoms with Gasteiger partial charge in [0.1, 0.15) is 0 Å². The number of hydrogen-bond acceptors (Lipinski definition) is 5. The van der Waals surface area contributed by atoms with E-state index < -0.39 is 22.1 Å². The van der Waals surface area contributed by atoms with Crippen LogP contribution in [-0.2, 0) is 14.3 Å². The molecule has 9 heteroatoms. The summed E-state index contributed by atoms with van der Waals surface area (Å²) in [4.78, 5) is 20.8. The van der Waals surface area contributed by atoms with Crippen molar-refractivity contribution in [3.8, 4) is 0 Å². The Morgan fingerprint density at radius 3 is 1.63 bits per heavy atom. The van der Waals surface area contributed by atoms with Gasteiger partial charge in [-0.25, -0.2) is 9.59 Å². The Labute approximate surface area is 132 Å². The Hall–Kier alpha value is -0.930. The molecule has 0 atom stereocenters. The van der Waals surface area contributed by atoms with Gasteiger partial charge in [0.05, 0.1) is 24.5 Å². The maximum absolute atomic E-state index is 10.4. The third-order valence-corrected chi connectivity index (χ3v) is 2.26. The second-order valence-electron chi connectivity index (χ2n) is 3.06. The fourth-order valence-corrected chi connectivity index (χ4v) is 0.785. The van der Waals surface area contributed by atoms with Crippen LogP contribution < -0.4 is 0 Å². The molecule has 0 aliphatic rings. The number of carboxylic acids is 2. The first kappa shape index (κ1) is 20.4. The van der Waals surface area contributed by atoms with Crippen LogP contribution in [0.25, 0.3) is 0 Å². The van der Waals surface area contributed by atoms with Gasteiger partial charge in [-0.1, -0.05) is 6.07 Å². The average Bonchev–Trinajstić information content (AvgIpc) is 2.29. The summed E-state index contributed by atoms with van der Waals surface area (Å²) in [7, 11) is -2.04. The van der Waals surface area contributed by atoms with Crippen LogP contribution >= 0.6 is 0 Å². The zero-order chi connectivity index (χ0) is 14.3. The maximum atomic E-state index is 10.4. The molecular weight excluding hydrogens is 287 g/mol. The minimum absolute atomic E-state index is 0. The van der Waals surface area contributed by atoms with Crippen LogP contribution in [0.2, 0.25) is 0 Å². The molecule has 7 nitrogen and oxygen atoms in total. The zero-order valence-electron chi connectivity index (χ0n) is 9.65. The monoisotopic (exact) mass is 300 g/mol. The number of hydrogen-bond donors (Lipinski definition) is 2. The Balaban J connectivity index is 0. The van der Waals surface area contributed by atoms with Crippen molar-refractivity contribution in [2.75, 3.05) is 13.4 Å². The van der Waals surface area contributed by atoms with Crippen molar-refractivity contribution in [3.63, 3.8) is 0 Å². The molecule has 1 aromatic rings. The van der Waals surface area contributed by atoms with Gasteiger partial charge in [0.2, 0.25) is 0 Å². The number of carboxylic acid groups (broad SMARTS) is 2. The first-order valence-electron chi connectivity index (χ1n) is 4.49. The minimum atomic E-state index is -3.16. The summed E-state index contributed by atoms with van der Waals surface area (Å²) in [6, 6.07) is 5.20. The van der Waals surface area contributed by atoms with E-state index in [1.54, 1.807) is 0 Å². The van der Waals surface area contributed by atoms with E-state index in [0.717, 1.165) is 19.4 Å². The Bertz CT molecular complexity index is 509. The number of aromatic carboxylic acids is 2. The van der Waals surface area contributed by atoms with Crippen LogP contribution in [0, 0.1) is 0 Å². The van der Waals surface area contributed by atoms with Gasteiger partial charge in [-0.05, 0) is 18.2 Å². The Morgan fingerprint density at radius 2 is 1.42 bits per heavy atom. The second kappa shape index (κ2) is 9.05. The SMILES string of the molecule is COS(C)(=O)=O.O=C(O)c1cccc(C(=O)O)c1.[NaH]. The summed E-state index contributed by atoms with van der Waals surface area (Å²) in [5.41, 5.74) is -0.0372. The summed E-state index contributed by atoms with van der Waals surface area (Å²) in [6.45, 7) is 0.